The van der Waals surface area contributed by atoms with E-state index in [0.29, 0.717) is 10.8 Å². The topological polar surface area (TPSA) is 75.7 Å². The van der Waals surface area contributed by atoms with Crippen LogP contribution in [0.25, 0.3) is 0 Å². The van der Waals surface area contributed by atoms with Gasteiger partial charge in [0.15, 0.2) is 0 Å². The summed E-state index contributed by atoms with van der Waals surface area (Å²) in [6, 6.07) is 11.6. The number of hydrogen-bond donors (Lipinski definition) is 1. The fourth-order valence-corrected chi connectivity index (χ4v) is 3.84. The average molecular weight is 445 g/mol. The number of anilines is 1. The summed E-state index contributed by atoms with van der Waals surface area (Å²) in [6.45, 7) is 3.59. The monoisotopic (exact) mass is 444 g/mol. The molecule has 9 heteroatoms. The number of ether oxygens (including phenoxy) is 1. The Morgan fingerprint density at radius 1 is 1.18 bits per heavy atom. The van der Waals surface area contributed by atoms with Crippen molar-refractivity contribution in [2.24, 2.45) is 0 Å². The molecule has 2 aromatic rings. The molecule has 1 atom stereocenters. The predicted molar refractivity (Wildman–Crippen MR) is 113 cm³/mol. The number of carbonyl (C=O) groups is 1. The van der Waals surface area contributed by atoms with Gasteiger partial charge in [-0.25, -0.2) is 8.42 Å². The molecule has 28 heavy (non-hydrogen) atoms. The fourth-order valence-electron chi connectivity index (χ4n) is 2.41. The fraction of sp³-hybridized carbons (Fsp3) is 0.316. The third-order valence-electron chi connectivity index (χ3n) is 3.79. The van der Waals surface area contributed by atoms with Gasteiger partial charge in [0, 0.05) is 5.02 Å². The van der Waals surface area contributed by atoms with E-state index in [1.54, 1.807) is 6.92 Å². The maximum absolute atomic E-state index is 12.4. The summed E-state index contributed by atoms with van der Waals surface area (Å²) >= 11 is 12.0. The Hall–Kier alpha value is -1.96. The molecular formula is C19H22Cl2N2O4S. The third kappa shape index (κ3) is 6.58. The molecule has 0 unspecified atom stereocenters. The maximum atomic E-state index is 12.4. The van der Waals surface area contributed by atoms with Crippen LogP contribution >= 0.6 is 23.2 Å². The van der Waals surface area contributed by atoms with Crippen LogP contribution in [0.15, 0.2) is 42.5 Å². The molecule has 0 fully saturated rings. The molecule has 0 heterocycles. The Balaban J connectivity index is 2.00. The molecule has 0 aromatic heterocycles. The van der Waals surface area contributed by atoms with Gasteiger partial charge in [0.1, 0.15) is 18.9 Å². The Labute approximate surface area is 175 Å². The van der Waals surface area contributed by atoms with Gasteiger partial charge in [-0.15, -0.1) is 0 Å². The Kier molecular flexibility index (Phi) is 7.57. The minimum absolute atomic E-state index is 0.140. The number of benzene rings is 2. The molecule has 0 aliphatic heterocycles. The highest BCUT2D eigenvalue weighted by Crippen LogP contribution is 2.30. The highest BCUT2D eigenvalue weighted by atomic mass is 35.5. The molecule has 0 aliphatic carbocycles. The molecule has 0 saturated heterocycles. The summed E-state index contributed by atoms with van der Waals surface area (Å²) in [5.41, 5.74) is 1.31. The predicted octanol–water partition coefficient (Wildman–Crippen LogP) is 3.65. The molecule has 0 spiro atoms. The standard InChI is InChI=1S/C19H22Cl2N2O4S/c1-13-4-7-16(8-5-13)27-12-14(2)22-19(24)11-23(28(3,25)26)18-9-6-15(20)10-17(18)21/h4-10,14H,11-12H2,1-3H3,(H,22,24)/t14-/m1/s1. The zero-order chi connectivity index (χ0) is 20.9. The third-order valence-corrected chi connectivity index (χ3v) is 5.46. The second-order valence-electron chi connectivity index (χ2n) is 6.46. The largest absolute Gasteiger partial charge is 0.491 e. The summed E-state index contributed by atoms with van der Waals surface area (Å²) in [7, 11) is -3.73. The van der Waals surface area contributed by atoms with Crippen LogP contribution in [0, 0.1) is 6.92 Å². The van der Waals surface area contributed by atoms with Crippen molar-refractivity contribution in [2.75, 3.05) is 23.7 Å². The highest BCUT2D eigenvalue weighted by molar-refractivity contribution is 7.92. The number of sulfonamides is 1. The molecule has 0 saturated carbocycles. The lowest BCUT2D eigenvalue weighted by Crippen LogP contribution is -2.45. The number of rotatable bonds is 8. The molecular weight excluding hydrogens is 423 g/mol. The number of halogens is 2. The first-order valence-corrected chi connectivity index (χ1v) is 11.1. The van der Waals surface area contributed by atoms with Gasteiger partial charge in [0.25, 0.3) is 0 Å². The summed E-state index contributed by atoms with van der Waals surface area (Å²) in [5, 5.41) is 3.23. The van der Waals surface area contributed by atoms with E-state index in [2.05, 4.69) is 5.32 Å². The second-order valence-corrected chi connectivity index (χ2v) is 9.21. The minimum atomic E-state index is -3.73. The SMILES string of the molecule is Cc1ccc(OC[C@@H](C)NC(=O)CN(c2ccc(Cl)cc2Cl)S(C)(=O)=O)cc1. The normalized spacial score (nSPS) is 12.3. The van der Waals surface area contributed by atoms with E-state index in [1.165, 1.54) is 18.2 Å². The van der Waals surface area contributed by atoms with Crippen molar-refractivity contribution in [3.05, 3.63) is 58.1 Å². The summed E-state index contributed by atoms with van der Waals surface area (Å²) < 4.78 is 30.9. The number of aryl methyl sites for hydroxylation is 1. The summed E-state index contributed by atoms with van der Waals surface area (Å²) in [5.74, 6) is 0.217. The first-order chi connectivity index (χ1) is 13.1. The molecule has 0 radical (unpaired) electrons. The van der Waals surface area contributed by atoms with Gasteiger partial charge >= 0.3 is 0 Å². The van der Waals surface area contributed by atoms with Gasteiger partial charge in [-0.05, 0) is 44.2 Å². The maximum Gasteiger partial charge on any atom is 0.241 e. The van der Waals surface area contributed by atoms with Crippen LogP contribution < -0.4 is 14.4 Å². The van der Waals surface area contributed by atoms with Gasteiger partial charge in [0.2, 0.25) is 15.9 Å². The zero-order valence-corrected chi connectivity index (χ0v) is 18.1. The van der Waals surface area contributed by atoms with Crippen LogP contribution in [0.3, 0.4) is 0 Å². The first kappa shape index (κ1) is 22.3. The lowest BCUT2D eigenvalue weighted by molar-refractivity contribution is -0.120. The minimum Gasteiger partial charge on any atom is -0.491 e. The van der Waals surface area contributed by atoms with E-state index in [-0.39, 0.29) is 23.4 Å². The van der Waals surface area contributed by atoms with Crippen LogP contribution in [0.2, 0.25) is 10.0 Å². The van der Waals surface area contributed by atoms with Gasteiger partial charge in [-0.3, -0.25) is 9.10 Å². The quantitative estimate of drug-likeness (QED) is 0.673. The smallest absolute Gasteiger partial charge is 0.241 e. The van der Waals surface area contributed by atoms with Gasteiger partial charge in [-0.1, -0.05) is 40.9 Å². The first-order valence-electron chi connectivity index (χ1n) is 8.48. The van der Waals surface area contributed by atoms with Crippen LogP contribution in [0.1, 0.15) is 12.5 Å². The average Bonchev–Trinajstić information content (AvgIpc) is 2.59. The van der Waals surface area contributed by atoms with E-state index in [1.807, 2.05) is 31.2 Å². The Morgan fingerprint density at radius 3 is 2.39 bits per heavy atom. The van der Waals surface area contributed by atoms with Crippen LogP contribution in [-0.2, 0) is 14.8 Å². The number of nitrogens with zero attached hydrogens (tertiary/aromatic N) is 1. The lowest BCUT2D eigenvalue weighted by atomic mass is 10.2. The van der Waals surface area contributed by atoms with Crippen molar-refractivity contribution in [1.29, 1.82) is 0 Å². The molecule has 6 nitrogen and oxygen atoms in total. The van der Waals surface area contributed by atoms with E-state index in [9.17, 15) is 13.2 Å². The van der Waals surface area contributed by atoms with Crippen molar-refractivity contribution >= 4 is 44.8 Å². The molecule has 1 N–H and O–H groups in total. The molecule has 0 aliphatic rings. The van der Waals surface area contributed by atoms with Crippen molar-refractivity contribution in [2.45, 2.75) is 19.9 Å². The van der Waals surface area contributed by atoms with Crippen LogP contribution in [-0.4, -0.2) is 39.8 Å². The number of nitrogens with one attached hydrogen (secondary N) is 1. The highest BCUT2D eigenvalue weighted by Gasteiger charge is 2.23. The van der Waals surface area contributed by atoms with Crippen molar-refractivity contribution in [1.82, 2.24) is 5.32 Å². The zero-order valence-electron chi connectivity index (χ0n) is 15.8. The van der Waals surface area contributed by atoms with Crippen LogP contribution in [0.4, 0.5) is 5.69 Å². The Morgan fingerprint density at radius 2 is 1.82 bits per heavy atom. The molecule has 2 aromatic carbocycles. The molecule has 152 valence electrons. The van der Waals surface area contributed by atoms with Gasteiger partial charge in [-0.2, -0.15) is 0 Å². The number of carbonyl (C=O) groups excluding carboxylic acids is 1. The van der Waals surface area contributed by atoms with Gasteiger partial charge < -0.3 is 10.1 Å². The van der Waals surface area contributed by atoms with Crippen molar-refractivity contribution in [3.63, 3.8) is 0 Å². The Bertz CT molecular complexity index is 933. The van der Waals surface area contributed by atoms with Crippen molar-refractivity contribution < 1.29 is 17.9 Å². The summed E-state index contributed by atoms with van der Waals surface area (Å²) in [4.78, 5) is 12.4. The van der Waals surface area contributed by atoms with Gasteiger partial charge in [0.05, 0.1) is 23.0 Å². The molecule has 2 rings (SSSR count). The van der Waals surface area contributed by atoms with Crippen LogP contribution in [0.5, 0.6) is 5.75 Å². The van der Waals surface area contributed by atoms with E-state index < -0.39 is 22.5 Å². The molecule has 0 bridgehead atoms. The van der Waals surface area contributed by atoms with E-state index >= 15 is 0 Å². The summed E-state index contributed by atoms with van der Waals surface area (Å²) in [6.07, 6.45) is 1.01. The van der Waals surface area contributed by atoms with Crippen molar-refractivity contribution in [3.8, 4) is 5.75 Å². The van der Waals surface area contributed by atoms with E-state index in [4.69, 9.17) is 27.9 Å². The lowest BCUT2D eigenvalue weighted by Gasteiger charge is -2.24. The second kappa shape index (κ2) is 9.49. The number of amides is 1. The number of hydrogen-bond acceptors (Lipinski definition) is 4. The van der Waals surface area contributed by atoms with E-state index in [0.717, 1.165) is 16.1 Å². The molecule has 1 amide bonds.